The molecule has 6 nitrogen and oxygen atoms in total. The van der Waals surface area contributed by atoms with E-state index in [9.17, 15) is 9.59 Å². The summed E-state index contributed by atoms with van der Waals surface area (Å²) in [5.41, 5.74) is -0.147. The van der Waals surface area contributed by atoms with Gasteiger partial charge in [-0.05, 0) is 12.8 Å². The molecule has 5 atom stereocenters. The van der Waals surface area contributed by atoms with Gasteiger partial charge >= 0.3 is 0 Å². The molecule has 2 heterocycles. The van der Waals surface area contributed by atoms with Gasteiger partial charge in [-0.25, -0.2) is 0 Å². The first-order valence-corrected chi connectivity index (χ1v) is 7.84. The molecule has 0 aromatic carbocycles. The van der Waals surface area contributed by atoms with Crippen molar-refractivity contribution in [3.63, 3.8) is 0 Å². The second-order valence-electron chi connectivity index (χ2n) is 5.47. The van der Waals surface area contributed by atoms with Crippen molar-refractivity contribution in [2.24, 2.45) is 16.8 Å². The first-order valence-electron chi connectivity index (χ1n) is 6.96. The molecule has 0 aromatic rings. The molecule has 20 heavy (non-hydrogen) atoms. The van der Waals surface area contributed by atoms with Gasteiger partial charge in [0.1, 0.15) is 18.0 Å². The van der Waals surface area contributed by atoms with E-state index in [0.29, 0.717) is 12.6 Å². The Bertz CT molecular complexity index is 427. The molecule has 3 aliphatic rings. The van der Waals surface area contributed by atoms with E-state index in [2.05, 4.69) is 15.6 Å². The fourth-order valence-corrected chi connectivity index (χ4v) is 3.92. The van der Waals surface area contributed by atoms with E-state index in [4.69, 9.17) is 4.74 Å². The number of aldehydes is 2. The second kappa shape index (κ2) is 5.83. The van der Waals surface area contributed by atoms with Crippen molar-refractivity contribution in [3.8, 4) is 0 Å². The number of rotatable bonds is 5. The number of ether oxygens (including phenoxy) is 1. The van der Waals surface area contributed by atoms with Gasteiger partial charge in [-0.1, -0.05) is 11.8 Å². The minimum atomic E-state index is -0.399. The Morgan fingerprint density at radius 2 is 2.15 bits per heavy atom. The Labute approximate surface area is 122 Å². The molecule has 1 aliphatic carbocycles. The lowest BCUT2D eigenvalue weighted by atomic mass is 9.82. The quantitative estimate of drug-likeness (QED) is 0.683. The third-order valence-electron chi connectivity index (χ3n) is 4.11. The van der Waals surface area contributed by atoms with E-state index >= 15 is 0 Å². The van der Waals surface area contributed by atoms with Crippen LogP contribution in [-0.2, 0) is 14.3 Å². The average Bonchev–Trinajstić information content (AvgIpc) is 3.21. The molecule has 0 unspecified atom stereocenters. The van der Waals surface area contributed by atoms with Crippen LogP contribution >= 0.6 is 11.8 Å². The third-order valence-corrected chi connectivity index (χ3v) is 5.27. The van der Waals surface area contributed by atoms with Crippen molar-refractivity contribution in [2.75, 3.05) is 13.6 Å². The van der Waals surface area contributed by atoms with Crippen LogP contribution in [0.1, 0.15) is 12.8 Å². The van der Waals surface area contributed by atoms with Crippen molar-refractivity contribution >= 4 is 29.5 Å². The van der Waals surface area contributed by atoms with Crippen LogP contribution in [0.3, 0.4) is 0 Å². The molecular weight excluding hydrogens is 278 g/mol. The molecule has 0 bridgehead atoms. The normalized spacial score (nSPS) is 42.0. The summed E-state index contributed by atoms with van der Waals surface area (Å²) in [6.45, 7) is 0.626. The highest BCUT2D eigenvalue weighted by molar-refractivity contribution is 8.14. The number of carbonyl (C=O) groups excluding carboxylic acids is 2. The zero-order chi connectivity index (χ0) is 14.1. The summed E-state index contributed by atoms with van der Waals surface area (Å²) in [4.78, 5) is 27.0. The lowest BCUT2D eigenvalue weighted by Crippen LogP contribution is -2.56. The maximum Gasteiger partial charge on any atom is 0.159 e. The van der Waals surface area contributed by atoms with Crippen molar-refractivity contribution in [1.82, 2.24) is 10.6 Å². The van der Waals surface area contributed by atoms with Gasteiger partial charge in [0.05, 0.1) is 24.0 Å². The molecule has 3 rings (SSSR count). The van der Waals surface area contributed by atoms with Crippen LogP contribution in [0.5, 0.6) is 0 Å². The molecule has 0 spiro atoms. The topological polar surface area (TPSA) is 79.8 Å². The fourth-order valence-electron chi connectivity index (χ4n) is 2.79. The van der Waals surface area contributed by atoms with E-state index in [1.54, 1.807) is 7.05 Å². The van der Waals surface area contributed by atoms with Crippen LogP contribution in [0.25, 0.3) is 0 Å². The number of aliphatic imine (C=N–C) groups is 1. The van der Waals surface area contributed by atoms with Crippen LogP contribution in [-0.4, -0.2) is 55.0 Å². The van der Waals surface area contributed by atoms with E-state index in [-0.39, 0.29) is 23.5 Å². The Balaban J connectivity index is 1.74. The largest absolute Gasteiger partial charge is 0.360 e. The number of hydrogen-bond donors (Lipinski definition) is 2. The lowest BCUT2D eigenvalue weighted by Gasteiger charge is -2.39. The van der Waals surface area contributed by atoms with Crippen molar-refractivity contribution in [1.29, 1.82) is 0 Å². The first-order chi connectivity index (χ1) is 9.76. The van der Waals surface area contributed by atoms with Gasteiger partial charge in [0, 0.05) is 19.6 Å². The minimum Gasteiger partial charge on any atom is -0.360 e. The summed E-state index contributed by atoms with van der Waals surface area (Å²) in [6, 6.07) is 0.393. The number of fused-ring (bicyclic) bond motifs is 1. The molecule has 2 N–H and O–H groups in total. The highest BCUT2D eigenvalue weighted by atomic mass is 32.2. The van der Waals surface area contributed by atoms with Gasteiger partial charge in [0.25, 0.3) is 0 Å². The molecule has 0 radical (unpaired) electrons. The molecule has 0 aromatic heterocycles. The Kier molecular flexibility index (Phi) is 4.09. The molecular formula is C13H19N3O3S. The fraction of sp³-hybridized carbons (Fsp3) is 0.769. The summed E-state index contributed by atoms with van der Waals surface area (Å²) in [7, 11) is 1.70. The summed E-state index contributed by atoms with van der Waals surface area (Å²) in [5.74, 6) is -0.756. The number of amidine groups is 1. The van der Waals surface area contributed by atoms with Crippen molar-refractivity contribution < 1.29 is 14.3 Å². The maximum absolute atomic E-state index is 11.4. The summed E-state index contributed by atoms with van der Waals surface area (Å²) >= 11 is 1.49. The highest BCUT2D eigenvalue weighted by Gasteiger charge is 2.49. The zero-order valence-corrected chi connectivity index (χ0v) is 12.1. The molecule has 2 saturated heterocycles. The van der Waals surface area contributed by atoms with Crippen LogP contribution in [0.15, 0.2) is 4.99 Å². The van der Waals surface area contributed by atoms with Gasteiger partial charge in [-0.2, -0.15) is 0 Å². The SMILES string of the molecule is CN=C1N[C@@H]2[C@H](C=O)[C@H](C=O)[C@H](CNC3CC3)O[C@@H]2S1. The molecule has 7 heteroatoms. The smallest absolute Gasteiger partial charge is 0.159 e. The molecule has 0 amide bonds. The number of nitrogens with zero attached hydrogens (tertiary/aromatic N) is 1. The molecule has 2 aliphatic heterocycles. The maximum atomic E-state index is 11.4. The monoisotopic (exact) mass is 297 g/mol. The van der Waals surface area contributed by atoms with E-state index < -0.39 is 5.92 Å². The Hall–Kier alpha value is -0.920. The zero-order valence-electron chi connectivity index (χ0n) is 11.3. The first kappa shape index (κ1) is 14.0. The number of hydrogen-bond acceptors (Lipinski definition) is 6. The Morgan fingerprint density at radius 1 is 1.40 bits per heavy atom. The van der Waals surface area contributed by atoms with E-state index in [0.717, 1.165) is 17.7 Å². The predicted molar refractivity (Wildman–Crippen MR) is 76.7 cm³/mol. The second-order valence-corrected chi connectivity index (χ2v) is 6.56. The van der Waals surface area contributed by atoms with Gasteiger partial charge in [0.15, 0.2) is 5.17 Å². The van der Waals surface area contributed by atoms with Gasteiger partial charge in [0.2, 0.25) is 0 Å². The number of thioether (sulfide) groups is 1. The summed E-state index contributed by atoms with van der Waals surface area (Å²) in [6.07, 6.45) is 3.88. The van der Waals surface area contributed by atoms with Crippen LogP contribution in [0.4, 0.5) is 0 Å². The number of carbonyl (C=O) groups is 2. The van der Waals surface area contributed by atoms with Crippen molar-refractivity contribution in [3.05, 3.63) is 0 Å². The van der Waals surface area contributed by atoms with Gasteiger partial charge in [-0.3, -0.25) is 4.99 Å². The summed E-state index contributed by atoms with van der Waals surface area (Å²) < 4.78 is 6.02. The third kappa shape index (κ3) is 2.62. The Morgan fingerprint density at radius 3 is 2.75 bits per heavy atom. The average molecular weight is 297 g/mol. The highest BCUT2D eigenvalue weighted by Crippen LogP contribution is 2.38. The van der Waals surface area contributed by atoms with Crippen molar-refractivity contribution in [2.45, 2.75) is 36.5 Å². The van der Waals surface area contributed by atoms with Crippen LogP contribution in [0, 0.1) is 11.8 Å². The minimum absolute atomic E-state index is 0.147. The summed E-state index contributed by atoms with van der Waals surface area (Å²) in [5, 5.41) is 7.33. The molecule has 3 fully saturated rings. The van der Waals surface area contributed by atoms with E-state index in [1.807, 2.05) is 0 Å². The van der Waals surface area contributed by atoms with E-state index in [1.165, 1.54) is 24.6 Å². The van der Waals surface area contributed by atoms with Crippen LogP contribution < -0.4 is 10.6 Å². The van der Waals surface area contributed by atoms with Gasteiger partial charge < -0.3 is 25.0 Å². The predicted octanol–water partition coefficient (Wildman–Crippen LogP) is -0.216. The number of nitrogens with one attached hydrogen (secondary N) is 2. The van der Waals surface area contributed by atoms with Gasteiger partial charge in [-0.15, -0.1) is 0 Å². The lowest BCUT2D eigenvalue weighted by molar-refractivity contribution is -0.138. The molecule has 1 saturated carbocycles. The van der Waals surface area contributed by atoms with Crippen LogP contribution in [0.2, 0.25) is 0 Å². The molecule has 110 valence electrons. The standard InChI is InChI=1S/C13H19N3O3S/c1-14-13-16-11-9(6-18)8(5-17)10(19-12(11)20-13)4-15-7-2-3-7/h5-12,15H,2-4H2,1H3,(H,14,16)/t8-,9+,10-,11+,12+/m0/s1.